The van der Waals surface area contributed by atoms with Gasteiger partial charge in [-0.1, -0.05) is 29.1 Å². The summed E-state index contributed by atoms with van der Waals surface area (Å²) in [6.07, 6.45) is 5.14. The van der Waals surface area contributed by atoms with Gasteiger partial charge in [0.2, 0.25) is 0 Å². The van der Waals surface area contributed by atoms with E-state index in [2.05, 4.69) is 5.92 Å². The van der Waals surface area contributed by atoms with Gasteiger partial charge in [0.15, 0.2) is 0 Å². The van der Waals surface area contributed by atoms with Crippen molar-refractivity contribution in [2.45, 2.75) is 0 Å². The lowest BCUT2D eigenvalue weighted by Crippen LogP contribution is -1.89. The van der Waals surface area contributed by atoms with E-state index in [1.807, 2.05) is 0 Å². The van der Waals surface area contributed by atoms with E-state index in [9.17, 15) is 0 Å². The summed E-state index contributed by atoms with van der Waals surface area (Å²) >= 11 is 11.3. The van der Waals surface area contributed by atoms with Crippen LogP contribution < -0.4 is 5.73 Å². The van der Waals surface area contributed by atoms with Crippen LogP contribution in [0, 0.1) is 12.3 Å². The van der Waals surface area contributed by atoms with Crippen molar-refractivity contribution >= 4 is 28.9 Å². The van der Waals surface area contributed by atoms with Gasteiger partial charge in [0.25, 0.3) is 0 Å². The number of halogens is 2. The summed E-state index contributed by atoms with van der Waals surface area (Å²) in [6, 6.07) is 3.11. The molecule has 3 heteroatoms. The normalized spacial score (nSPS) is 9.18. The van der Waals surface area contributed by atoms with E-state index < -0.39 is 0 Å². The molecule has 1 rings (SSSR count). The molecule has 0 aliphatic rings. The van der Waals surface area contributed by atoms with Crippen LogP contribution in [0.3, 0.4) is 0 Å². The van der Waals surface area contributed by atoms with Gasteiger partial charge in [-0.05, 0) is 12.1 Å². The van der Waals surface area contributed by atoms with Crippen LogP contribution in [0.5, 0.6) is 0 Å². The van der Waals surface area contributed by atoms with Crippen molar-refractivity contribution in [1.82, 2.24) is 0 Å². The van der Waals surface area contributed by atoms with Gasteiger partial charge in [-0.15, -0.1) is 6.42 Å². The zero-order chi connectivity index (χ0) is 8.43. The van der Waals surface area contributed by atoms with E-state index in [0.717, 1.165) is 0 Å². The number of nitrogens with two attached hydrogens (primary N) is 1. The van der Waals surface area contributed by atoms with Crippen molar-refractivity contribution in [3.05, 3.63) is 27.7 Å². The summed E-state index contributed by atoms with van der Waals surface area (Å²) < 4.78 is 0. The Labute approximate surface area is 75.1 Å². The molecule has 1 aromatic rings. The fraction of sp³-hybridized carbons (Fsp3) is 0. The van der Waals surface area contributed by atoms with Crippen molar-refractivity contribution in [1.29, 1.82) is 0 Å². The van der Waals surface area contributed by atoms with Gasteiger partial charge in [0, 0.05) is 11.3 Å². The lowest BCUT2D eigenvalue weighted by Gasteiger charge is -2.00. The summed E-state index contributed by atoms with van der Waals surface area (Å²) in [5.41, 5.74) is 6.56. The molecular weight excluding hydrogens is 181 g/mol. The molecule has 0 spiro atoms. The van der Waals surface area contributed by atoms with E-state index in [1.54, 1.807) is 12.1 Å². The fourth-order valence-corrected chi connectivity index (χ4v) is 1.02. The maximum atomic E-state index is 5.68. The summed E-state index contributed by atoms with van der Waals surface area (Å²) in [7, 11) is 0. The van der Waals surface area contributed by atoms with E-state index in [1.165, 1.54) is 0 Å². The van der Waals surface area contributed by atoms with Crippen molar-refractivity contribution < 1.29 is 0 Å². The number of benzene rings is 1. The maximum Gasteiger partial charge on any atom is 0.0613 e. The molecular formula is C8H5Cl2N. The first-order valence-corrected chi connectivity index (χ1v) is 3.62. The van der Waals surface area contributed by atoms with Gasteiger partial charge in [0.05, 0.1) is 10.0 Å². The quantitative estimate of drug-likeness (QED) is 0.489. The SMILES string of the molecule is C#Cc1cc(Cl)c(Cl)cc1N. The van der Waals surface area contributed by atoms with Gasteiger partial charge in [-0.3, -0.25) is 0 Å². The predicted octanol–water partition coefficient (Wildman–Crippen LogP) is 2.56. The summed E-state index contributed by atoms with van der Waals surface area (Å²) in [5, 5.41) is 0.844. The first kappa shape index (κ1) is 8.26. The smallest absolute Gasteiger partial charge is 0.0613 e. The molecule has 0 atom stereocenters. The first-order valence-electron chi connectivity index (χ1n) is 2.86. The molecule has 0 saturated heterocycles. The highest BCUT2D eigenvalue weighted by Gasteiger charge is 2.01. The summed E-state index contributed by atoms with van der Waals surface area (Å²) in [4.78, 5) is 0. The average molecular weight is 186 g/mol. The number of terminal acetylenes is 1. The Morgan fingerprint density at radius 1 is 1.27 bits per heavy atom. The molecule has 56 valence electrons. The zero-order valence-electron chi connectivity index (χ0n) is 5.57. The van der Waals surface area contributed by atoms with E-state index in [4.69, 9.17) is 35.4 Å². The lowest BCUT2D eigenvalue weighted by molar-refractivity contribution is 1.63. The van der Waals surface area contributed by atoms with Crippen molar-refractivity contribution in [2.24, 2.45) is 0 Å². The molecule has 0 heterocycles. The van der Waals surface area contributed by atoms with Crippen LogP contribution in [-0.4, -0.2) is 0 Å². The number of hydrogen-bond donors (Lipinski definition) is 1. The number of anilines is 1. The number of nitrogen functional groups attached to an aromatic ring is 1. The van der Waals surface area contributed by atoms with Gasteiger partial charge in [0.1, 0.15) is 0 Å². The van der Waals surface area contributed by atoms with Crippen LogP contribution in [0.25, 0.3) is 0 Å². The topological polar surface area (TPSA) is 26.0 Å². The van der Waals surface area contributed by atoms with Gasteiger partial charge in [-0.2, -0.15) is 0 Å². The average Bonchev–Trinajstić information content (AvgIpc) is 1.97. The minimum Gasteiger partial charge on any atom is -0.398 e. The Balaban J connectivity index is 3.35. The Hall–Kier alpha value is -0.840. The lowest BCUT2D eigenvalue weighted by atomic mass is 10.2. The van der Waals surface area contributed by atoms with Gasteiger partial charge < -0.3 is 5.73 Å². The highest BCUT2D eigenvalue weighted by molar-refractivity contribution is 6.42. The highest BCUT2D eigenvalue weighted by Crippen LogP contribution is 2.26. The standard InChI is InChI=1S/C8H5Cl2N/c1-2-5-3-6(9)7(10)4-8(5)11/h1,3-4H,11H2. The molecule has 0 bridgehead atoms. The molecule has 0 aliphatic carbocycles. The van der Waals surface area contributed by atoms with Gasteiger partial charge in [-0.25, -0.2) is 0 Å². The fourth-order valence-electron chi connectivity index (χ4n) is 0.687. The Morgan fingerprint density at radius 2 is 1.82 bits per heavy atom. The molecule has 0 aromatic heterocycles. The number of rotatable bonds is 0. The van der Waals surface area contributed by atoms with Crippen LogP contribution in [0.1, 0.15) is 5.56 Å². The van der Waals surface area contributed by atoms with Crippen molar-refractivity contribution in [3.8, 4) is 12.3 Å². The van der Waals surface area contributed by atoms with Crippen LogP contribution in [0.2, 0.25) is 10.0 Å². The second-order valence-electron chi connectivity index (χ2n) is 2.00. The number of hydrogen-bond acceptors (Lipinski definition) is 1. The molecule has 11 heavy (non-hydrogen) atoms. The minimum atomic E-state index is 0.420. The van der Waals surface area contributed by atoms with Crippen molar-refractivity contribution in [3.63, 3.8) is 0 Å². The predicted molar refractivity (Wildman–Crippen MR) is 48.8 cm³/mol. The van der Waals surface area contributed by atoms with E-state index in [-0.39, 0.29) is 0 Å². The van der Waals surface area contributed by atoms with Crippen LogP contribution in [0.15, 0.2) is 12.1 Å². The van der Waals surface area contributed by atoms with Crippen LogP contribution in [0.4, 0.5) is 5.69 Å². The van der Waals surface area contributed by atoms with E-state index in [0.29, 0.717) is 21.3 Å². The molecule has 0 fully saturated rings. The molecule has 0 aliphatic heterocycles. The summed E-state index contributed by atoms with van der Waals surface area (Å²) in [5.74, 6) is 2.40. The highest BCUT2D eigenvalue weighted by atomic mass is 35.5. The molecule has 1 aromatic carbocycles. The maximum absolute atomic E-state index is 5.68. The molecule has 1 nitrogen and oxygen atoms in total. The third kappa shape index (κ3) is 1.59. The Kier molecular flexibility index (Phi) is 2.28. The van der Waals surface area contributed by atoms with Crippen LogP contribution in [-0.2, 0) is 0 Å². The van der Waals surface area contributed by atoms with E-state index >= 15 is 0 Å². The van der Waals surface area contributed by atoms with Gasteiger partial charge >= 0.3 is 0 Å². The Morgan fingerprint density at radius 3 is 2.36 bits per heavy atom. The molecule has 0 unspecified atom stereocenters. The van der Waals surface area contributed by atoms with Crippen LogP contribution >= 0.6 is 23.2 Å². The second kappa shape index (κ2) is 3.04. The zero-order valence-corrected chi connectivity index (χ0v) is 7.08. The third-order valence-electron chi connectivity index (χ3n) is 1.25. The second-order valence-corrected chi connectivity index (χ2v) is 2.81. The van der Waals surface area contributed by atoms with Crippen molar-refractivity contribution in [2.75, 3.05) is 5.73 Å². The molecule has 0 radical (unpaired) electrons. The molecule has 2 N–H and O–H groups in total. The third-order valence-corrected chi connectivity index (χ3v) is 1.97. The summed E-state index contributed by atoms with van der Waals surface area (Å²) in [6.45, 7) is 0. The monoisotopic (exact) mass is 185 g/mol. The largest absolute Gasteiger partial charge is 0.398 e. The molecule has 0 amide bonds. The molecule has 0 saturated carbocycles. The minimum absolute atomic E-state index is 0.420. The first-order chi connectivity index (χ1) is 5.15. The Bertz CT molecular complexity index is 326.